The summed E-state index contributed by atoms with van der Waals surface area (Å²) in [5.41, 5.74) is 14.6. The predicted molar refractivity (Wildman–Crippen MR) is 63.0 cm³/mol. The maximum atomic E-state index is 9.80. The molecule has 0 aliphatic heterocycles. The van der Waals surface area contributed by atoms with Gasteiger partial charge in [-0.15, -0.1) is 12.6 Å². The van der Waals surface area contributed by atoms with Crippen molar-refractivity contribution < 1.29 is 49.8 Å². The Bertz CT molecular complexity index is 317. The summed E-state index contributed by atoms with van der Waals surface area (Å²) >= 11 is 0. The van der Waals surface area contributed by atoms with Gasteiger partial charge in [-0.3, -0.25) is 0 Å². The Morgan fingerprint density at radius 3 is 1.40 bits per heavy atom. The van der Waals surface area contributed by atoms with Crippen molar-refractivity contribution in [1.29, 1.82) is 0 Å². The maximum absolute atomic E-state index is 9.80. The van der Waals surface area contributed by atoms with Crippen LogP contribution in [-0.2, 0) is 30.2 Å². The first-order chi connectivity index (χ1) is 8.51. The molecule has 1 saturated carbocycles. The molecular weight excluding hydrogens is 491 g/mol. The van der Waals surface area contributed by atoms with Crippen molar-refractivity contribution in [2.45, 2.75) is 37.8 Å². The molecule has 0 saturated heterocycles. The van der Waals surface area contributed by atoms with Crippen LogP contribution in [0, 0.1) is 0 Å². The summed E-state index contributed by atoms with van der Waals surface area (Å²) in [7, 11) is -9.63. The number of hydrogen-bond acceptors (Lipinski definition) is 6. The van der Waals surface area contributed by atoms with Crippen LogP contribution in [-0.4, -0.2) is 24.7 Å². The van der Waals surface area contributed by atoms with Crippen molar-refractivity contribution in [2.24, 2.45) is 0 Å². The van der Waals surface area contributed by atoms with Crippen molar-refractivity contribution in [1.82, 2.24) is 0 Å². The van der Waals surface area contributed by atoms with Crippen molar-refractivity contribution in [2.75, 3.05) is 12.6 Å². The molecule has 0 bridgehead atoms. The molecule has 20 heavy (non-hydrogen) atoms. The van der Waals surface area contributed by atoms with Gasteiger partial charge in [0.2, 0.25) is 0 Å². The molecule has 0 amide bonds. The van der Waals surface area contributed by atoms with Gasteiger partial charge in [-0.25, -0.2) is 0 Å². The Kier molecular flexibility index (Phi) is 12.2. The Balaban J connectivity index is 0. The molecular formula is C8H16N3O6P2Pt-5. The smallest absolute Gasteiger partial charge is 0.812 e. The van der Waals surface area contributed by atoms with Gasteiger partial charge in [0, 0.05) is 0 Å². The van der Waals surface area contributed by atoms with E-state index in [1.54, 1.807) is 0 Å². The number of nitrogens with zero attached hydrogens (tertiary/aromatic N) is 1. The molecule has 0 heterocycles. The van der Waals surface area contributed by atoms with Crippen LogP contribution < -0.4 is 19.6 Å². The zero-order valence-corrected chi connectivity index (χ0v) is 14.6. The van der Waals surface area contributed by atoms with E-state index in [1.165, 1.54) is 12.8 Å². The SMILES string of the molecule is O=P([O-])([O-])C[N-]CP(=O)([O-])[O-].[NH-]C1CCCCC1[NH-].[Pt+2]. The van der Waals surface area contributed by atoms with Crippen LogP contribution in [0.1, 0.15) is 25.7 Å². The molecule has 9 nitrogen and oxygen atoms in total. The van der Waals surface area contributed by atoms with Crippen molar-refractivity contribution in [3.05, 3.63) is 16.8 Å². The average Bonchev–Trinajstić information content (AvgIpc) is 2.19. The Morgan fingerprint density at radius 1 is 0.900 bits per heavy atom. The van der Waals surface area contributed by atoms with E-state index in [0.717, 1.165) is 12.8 Å². The molecule has 0 aromatic rings. The summed E-state index contributed by atoms with van der Waals surface area (Å²) in [5.74, 6) is 0. The largest absolute Gasteiger partial charge is 2.00 e. The van der Waals surface area contributed by atoms with E-state index in [9.17, 15) is 28.7 Å². The van der Waals surface area contributed by atoms with Crippen molar-refractivity contribution in [3.8, 4) is 0 Å². The van der Waals surface area contributed by atoms with E-state index >= 15 is 0 Å². The Morgan fingerprint density at radius 2 is 1.20 bits per heavy atom. The molecule has 0 spiro atoms. The van der Waals surface area contributed by atoms with E-state index in [2.05, 4.69) is 5.32 Å². The molecule has 2 atom stereocenters. The van der Waals surface area contributed by atoms with Gasteiger partial charge in [0.15, 0.2) is 0 Å². The van der Waals surface area contributed by atoms with E-state index in [0.29, 0.717) is 0 Å². The van der Waals surface area contributed by atoms with Crippen LogP contribution in [0.5, 0.6) is 0 Å². The summed E-state index contributed by atoms with van der Waals surface area (Å²) in [6, 6.07) is -0.160. The van der Waals surface area contributed by atoms with Gasteiger partial charge in [0.25, 0.3) is 0 Å². The number of hydrogen-bond donors (Lipinski definition) is 0. The summed E-state index contributed by atoms with van der Waals surface area (Å²) in [5, 5.41) is 2.74. The molecule has 0 aromatic carbocycles. The van der Waals surface area contributed by atoms with Crippen LogP contribution in [0.3, 0.4) is 0 Å². The quantitative estimate of drug-likeness (QED) is 0.461. The van der Waals surface area contributed by atoms with Gasteiger partial charge in [0.1, 0.15) is 0 Å². The van der Waals surface area contributed by atoms with Gasteiger partial charge in [-0.1, -0.05) is 40.9 Å². The van der Waals surface area contributed by atoms with Gasteiger partial charge in [-0.2, -0.15) is 12.1 Å². The molecule has 2 unspecified atom stereocenters. The first-order valence-electron chi connectivity index (χ1n) is 5.59. The second kappa shape index (κ2) is 10.6. The fraction of sp³-hybridized carbons (Fsp3) is 1.00. The van der Waals surface area contributed by atoms with E-state index in [4.69, 9.17) is 11.5 Å². The second-order valence-corrected chi connectivity index (χ2v) is 7.24. The van der Waals surface area contributed by atoms with Crippen LogP contribution in [0.4, 0.5) is 0 Å². The summed E-state index contributed by atoms with van der Waals surface area (Å²) in [6.45, 7) is 0. The summed E-state index contributed by atoms with van der Waals surface area (Å²) < 4.78 is 19.6. The molecule has 12 heteroatoms. The zero-order chi connectivity index (χ0) is 15.1. The molecule has 124 valence electrons. The van der Waals surface area contributed by atoms with E-state index in [-0.39, 0.29) is 33.1 Å². The third kappa shape index (κ3) is 15.3. The Hall–Kier alpha value is 0.868. The molecule has 1 rings (SSSR count). The van der Waals surface area contributed by atoms with Crippen LogP contribution in [0.25, 0.3) is 16.8 Å². The molecule has 1 fully saturated rings. The molecule has 1 aliphatic carbocycles. The first kappa shape index (κ1) is 23.1. The first-order valence-corrected chi connectivity index (χ1v) is 9.04. The fourth-order valence-electron chi connectivity index (χ4n) is 1.42. The summed E-state index contributed by atoms with van der Waals surface area (Å²) in [4.78, 5) is 39.2. The molecule has 0 radical (unpaired) electrons. The topological polar surface area (TPSA) is 188 Å². The normalized spacial score (nSPS) is 23.3. The minimum absolute atomic E-state index is 0. The summed E-state index contributed by atoms with van der Waals surface area (Å²) in [6.07, 6.45) is 1.94. The van der Waals surface area contributed by atoms with E-state index < -0.39 is 27.8 Å². The van der Waals surface area contributed by atoms with Crippen LogP contribution in [0.15, 0.2) is 0 Å². The molecule has 2 N–H and O–H groups in total. The number of nitrogens with one attached hydrogen (secondary N) is 2. The fourth-order valence-corrected chi connectivity index (χ4v) is 2.27. The van der Waals surface area contributed by atoms with Crippen LogP contribution in [0.2, 0.25) is 0 Å². The van der Waals surface area contributed by atoms with E-state index in [1.807, 2.05) is 0 Å². The second-order valence-electron chi connectivity index (χ2n) is 4.23. The Labute approximate surface area is 132 Å². The maximum Gasteiger partial charge on any atom is 2.00 e. The minimum Gasteiger partial charge on any atom is -0.812 e. The van der Waals surface area contributed by atoms with Gasteiger partial charge in [-0.05, 0) is 0 Å². The average molecular weight is 507 g/mol. The third-order valence-corrected chi connectivity index (χ3v) is 3.41. The van der Waals surface area contributed by atoms with Gasteiger partial charge < -0.3 is 45.5 Å². The van der Waals surface area contributed by atoms with Gasteiger partial charge >= 0.3 is 21.1 Å². The molecule has 0 aromatic heterocycles. The number of rotatable bonds is 4. The van der Waals surface area contributed by atoms with Crippen LogP contribution >= 0.6 is 15.2 Å². The van der Waals surface area contributed by atoms with Crippen molar-refractivity contribution >= 4 is 15.2 Å². The minimum atomic E-state index is -4.82. The standard InChI is InChI=1S/C6H12N2.C2H8NO6P2.Pt/c7-5-3-1-2-4-6(5)8;4-10(5,6)1-3-2-11(7,8)9;/h5-8H,1-4H2;1-2H2,(H2,4,5,6)(H2,7,8,9);/q-2;-1;+2/p-4. The molecule has 1 aliphatic rings. The monoisotopic (exact) mass is 507 g/mol. The van der Waals surface area contributed by atoms with Gasteiger partial charge in [0.05, 0.1) is 0 Å². The van der Waals surface area contributed by atoms with Crippen molar-refractivity contribution in [3.63, 3.8) is 0 Å². The predicted octanol–water partition coefficient (Wildman–Crippen LogP) is -0.498. The zero-order valence-electron chi connectivity index (χ0n) is 10.5. The third-order valence-electron chi connectivity index (χ3n) is 2.31.